The van der Waals surface area contributed by atoms with Crippen LogP contribution < -0.4 is 5.73 Å². The quantitative estimate of drug-likeness (QED) is 0.876. The molecular weight excluding hydrogens is 226 g/mol. The summed E-state index contributed by atoms with van der Waals surface area (Å²) in [5.41, 5.74) is 10.6. The zero-order valence-corrected chi connectivity index (χ0v) is 10.6. The zero-order valence-electron chi connectivity index (χ0n) is 9.80. The average molecular weight is 243 g/mol. The van der Waals surface area contributed by atoms with Crippen LogP contribution in [0.2, 0.25) is 0 Å². The molecule has 2 unspecified atom stereocenters. The van der Waals surface area contributed by atoms with Crippen LogP contribution in [0, 0.1) is 5.92 Å². The Bertz CT molecular complexity index is 489. The summed E-state index contributed by atoms with van der Waals surface area (Å²) in [7, 11) is 0. The van der Waals surface area contributed by atoms with E-state index >= 15 is 0 Å². The van der Waals surface area contributed by atoms with Crippen molar-refractivity contribution in [2.75, 3.05) is 0 Å². The molecule has 1 aliphatic rings. The highest BCUT2D eigenvalue weighted by molar-refractivity contribution is 7.07. The number of rotatable bonds is 3. The highest BCUT2D eigenvalue weighted by Gasteiger charge is 2.28. The summed E-state index contributed by atoms with van der Waals surface area (Å²) in [6.45, 7) is 0. The lowest BCUT2D eigenvalue weighted by atomic mass is 9.94. The molecule has 0 spiro atoms. The van der Waals surface area contributed by atoms with E-state index in [1.54, 1.807) is 11.3 Å². The average Bonchev–Trinajstić information content (AvgIpc) is 2.96. The lowest BCUT2D eigenvalue weighted by Gasteiger charge is -2.15. The van der Waals surface area contributed by atoms with Gasteiger partial charge in [0.05, 0.1) is 0 Å². The van der Waals surface area contributed by atoms with Crippen molar-refractivity contribution >= 4 is 11.3 Å². The highest BCUT2D eigenvalue weighted by Crippen LogP contribution is 2.36. The number of aryl methyl sites for hydroxylation is 1. The number of fused-ring (bicyclic) bond motifs is 1. The van der Waals surface area contributed by atoms with Gasteiger partial charge in [0, 0.05) is 6.04 Å². The molecule has 3 rings (SSSR count). The summed E-state index contributed by atoms with van der Waals surface area (Å²) in [6.07, 6.45) is 3.52. The summed E-state index contributed by atoms with van der Waals surface area (Å²) >= 11 is 1.78. The van der Waals surface area contributed by atoms with Gasteiger partial charge in [-0.05, 0) is 58.7 Å². The molecule has 0 bridgehead atoms. The van der Waals surface area contributed by atoms with Crippen molar-refractivity contribution in [1.29, 1.82) is 0 Å². The van der Waals surface area contributed by atoms with Gasteiger partial charge in [0.25, 0.3) is 0 Å². The van der Waals surface area contributed by atoms with Crippen molar-refractivity contribution in [3.8, 4) is 0 Å². The monoisotopic (exact) mass is 243 g/mol. The third-order valence-electron chi connectivity index (χ3n) is 3.79. The topological polar surface area (TPSA) is 26.0 Å². The van der Waals surface area contributed by atoms with Gasteiger partial charge in [-0.1, -0.05) is 24.3 Å². The minimum atomic E-state index is 0.241. The first-order chi connectivity index (χ1) is 8.34. The first-order valence-corrected chi connectivity index (χ1v) is 7.13. The van der Waals surface area contributed by atoms with Crippen LogP contribution in [0.15, 0.2) is 41.1 Å². The van der Waals surface area contributed by atoms with Gasteiger partial charge in [0.2, 0.25) is 0 Å². The number of hydrogen-bond acceptors (Lipinski definition) is 2. The fourth-order valence-electron chi connectivity index (χ4n) is 2.78. The maximum atomic E-state index is 6.33. The molecule has 2 N–H and O–H groups in total. The minimum Gasteiger partial charge on any atom is -0.324 e. The van der Waals surface area contributed by atoms with Gasteiger partial charge in [-0.3, -0.25) is 0 Å². The summed E-state index contributed by atoms with van der Waals surface area (Å²) < 4.78 is 0. The molecule has 2 aromatic rings. The molecule has 1 nitrogen and oxygen atoms in total. The van der Waals surface area contributed by atoms with Gasteiger partial charge in [-0.2, -0.15) is 11.3 Å². The van der Waals surface area contributed by atoms with E-state index in [4.69, 9.17) is 5.73 Å². The SMILES string of the molecule is NC1c2ccccc2CC1CCc1ccsc1. The van der Waals surface area contributed by atoms with E-state index in [2.05, 4.69) is 41.1 Å². The molecule has 1 aromatic heterocycles. The molecule has 1 heterocycles. The number of nitrogens with two attached hydrogens (primary N) is 1. The molecule has 88 valence electrons. The van der Waals surface area contributed by atoms with E-state index < -0.39 is 0 Å². The molecule has 0 saturated carbocycles. The van der Waals surface area contributed by atoms with Crippen molar-refractivity contribution in [2.45, 2.75) is 25.3 Å². The summed E-state index contributed by atoms with van der Waals surface area (Å²) in [6, 6.07) is 11.1. The number of benzene rings is 1. The van der Waals surface area contributed by atoms with E-state index in [1.807, 2.05) is 0 Å². The maximum Gasteiger partial charge on any atom is 0.0329 e. The van der Waals surface area contributed by atoms with Gasteiger partial charge in [0.1, 0.15) is 0 Å². The molecule has 0 saturated heterocycles. The van der Waals surface area contributed by atoms with Crippen LogP contribution in [0.3, 0.4) is 0 Å². The van der Waals surface area contributed by atoms with Crippen LogP contribution in [0.25, 0.3) is 0 Å². The maximum absolute atomic E-state index is 6.33. The van der Waals surface area contributed by atoms with Crippen LogP contribution in [0.1, 0.15) is 29.2 Å². The molecule has 0 radical (unpaired) electrons. The standard InChI is InChI=1S/C15H17NS/c16-15-13(6-5-11-7-8-17-10-11)9-12-3-1-2-4-14(12)15/h1-4,7-8,10,13,15H,5-6,9,16H2. The Balaban J connectivity index is 1.68. The van der Waals surface area contributed by atoms with Crippen LogP contribution in [-0.4, -0.2) is 0 Å². The third-order valence-corrected chi connectivity index (χ3v) is 4.52. The van der Waals surface area contributed by atoms with Crippen molar-refractivity contribution < 1.29 is 0 Å². The van der Waals surface area contributed by atoms with Gasteiger partial charge >= 0.3 is 0 Å². The molecule has 0 amide bonds. The van der Waals surface area contributed by atoms with E-state index in [9.17, 15) is 0 Å². The Kier molecular flexibility index (Phi) is 3.00. The second kappa shape index (κ2) is 4.63. The van der Waals surface area contributed by atoms with Crippen LogP contribution in [0.4, 0.5) is 0 Å². The first kappa shape index (κ1) is 11.0. The molecule has 17 heavy (non-hydrogen) atoms. The van der Waals surface area contributed by atoms with Crippen molar-refractivity contribution in [1.82, 2.24) is 0 Å². The minimum absolute atomic E-state index is 0.241. The predicted octanol–water partition coefficient (Wildman–Crippen LogP) is 3.55. The van der Waals surface area contributed by atoms with Crippen LogP contribution >= 0.6 is 11.3 Å². The van der Waals surface area contributed by atoms with Crippen molar-refractivity contribution in [3.05, 3.63) is 57.8 Å². The molecular formula is C15H17NS. The summed E-state index contributed by atoms with van der Waals surface area (Å²) in [4.78, 5) is 0. The largest absolute Gasteiger partial charge is 0.324 e. The first-order valence-electron chi connectivity index (χ1n) is 6.19. The smallest absolute Gasteiger partial charge is 0.0329 e. The molecule has 0 fully saturated rings. The predicted molar refractivity (Wildman–Crippen MR) is 73.2 cm³/mol. The second-order valence-electron chi connectivity index (χ2n) is 4.86. The Labute approximate surface area is 106 Å². The molecule has 1 aromatic carbocycles. The normalized spacial score (nSPS) is 22.6. The van der Waals surface area contributed by atoms with Gasteiger partial charge in [0.15, 0.2) is 0 Å². The van der Waals surface area contributed by atoms with Crippen molar-refractivity contribution in [3.63, 3.8) is 0 Å². The van der Waals surface area contributed by atoms with Crippen LogP contribution in [0.5, 0.6) is 0 Å². The molecule has 1 aliphatic carbocycles. The Morgan fingerprint density at radius 3 is 2.88 bits per heavy atom. The third kappa shape index (κ3) is 2.15. The van der Waals surface area contributed by atoms with Gasteiger partial charge < -0.3 is 5.73 Å². The lowest BCUT2D eigenvalue weighted by molar-refractivity contribution is 0.434. The van der Waals surface area contributed by atoms with Gasteiger partial charge in [-0.25, -0.2) is 0 Å². The Morgan fingerprint density at radius 1 is 1.24 bits per heavy atom. The molecule has 0 aliphatic heterocycles. The fraction of sp³-hybridized carbons (Fsp3) is 0.333. The van der Waals surface area contributed by atoms with Gasteiger partial charge in [-0.15, -0.1) is 0 Å². The zero-order chi connectivity index (χ0) is 11.7. The van der Waals surface area contributed by atoms with E-state index in [0.29, 0.717) is 5.92 Å². The number of hydrogen-bond donors (Lipinski definition) is 1. The summed E-state index contributed by atoms with van der Waals surface area (Å²) in [5.74, 6) is 0.618. The number of thiophene rings is 1. The second-order valence-corrected chi connectivity index (χ2v) is 5.64. The molecule has 2 atom stereocenters. The Morgan fingerprint density at radius 2 is 2.12 bits per heavy atom. The van der Waals surface area contributed by atoms with Crippen molar-refractivity contribution in [2.24, 2.45) is 11.7 Å². The van der Waals surface area contributed by atoms with E-state index in [-0.39, 0.29) is 6.04 Å². The molecule has 2 heteroatoms. The van der Waals surface area contributed by atoms with Crippen LogP contribution in [-0.2, 0) is 12.8 Å². The summed E-state index contributed by atoms with van der Waals surface area (Å²) in [5, 5.41) is 4.40. The highest BCUT2D eigenvalue weighted by atomic mass is 32.1. The lowest BCUT2D eigenvalue weighted by Crippen LogP contribution is -2.17. The van der Waals surface area contributed by atoms with E-state index in [1.165, 1.54) is 23.1 Å². The fourth-order valence-corrected chi connectivity index (χ4v) is 3.48. The van der Waals surface area contributed by atoms with E-state index in [0.717, 1.165) is 12.8 Å². The Hall–Kier alpha value is -1.12.